The van der Waals surface area contributed by atoms with E-state index in [1.54, 1.807) is 18.2 Å². The fourth-order valence-corrected chi connectivity index (χ4v) is 1.85. The van der Waals surface area contributed by atoms with Gasteiger partial charge < -0.3 is 5.11 Å². The summed E-state index contributed by atoms with van der Waals surface area (Å²) in [5.41, 5.74) is 0.551. The summed E-state index contributed by atoms with van der Waals surface area (Å²) in [4.78, 5) is 0. The fraction of sp³-hybridized carbons (Fsp3) is 0.455. The Kier molecular flexibility index (Phi) is 2.50. The van der Waals surface area contributed by atoms with Gasteiger partial charge in [-0.15, -0.1) is 0 Å². The predicted octanol–water partition coefficient (Wildman–Crippen LogP) is 2.79. The molecule has 1 aliphatic rings. The van der Waals surface area contributed by atoms with Crippen LogP contribution in [0, 0.1) is 11.2 Å². The molecule has 0 heterocycles. The monoisotopic (exact) mass is 214 g/mol. The van der Waals surface area contributed by atoms with Gasteiger partial charge in [0.1, 0.15) is 5.82 Å². The van der Waals surface area contributed by atoms with Crippen LogP contribution < -0.4 is 0 Å². The summed E-state index contributed by atoms with van der Waals surface area (Å²) in [6, 6.07) is 5.02. The molecule has 0 unspecified atom stereocenters. The molecule has 1 saturated carbocycles. The summed E-state index contributed by atoms with van der Waals surface area (Å²) in [6.45, 7) is 0.138. The van der Waals surface area contributed by atoms with Crippen LogP contribution in [0.1, 0.15) is 18.4 Å². The second kappa shape index (κ2) is 3.52. The highest BCUT2D eigenvalue weighted by Crippen LogP contribution is 2.48. The van der Waals surface area contributed by atoms with Gasteiger partial charge in [-0.3, -0.25) is 0 Å². The van der Waals surface area contributed by atoms with Gasteiger partial charge in [-0.05, 0) is 36.3 Å². The Morgan fingerprint density at radius 3 is 2.71 bits per heavy atom. The van der Waals surface area contributed by atoms with Gasteiger partial charge in [0, 0.05) is 6.61 Å². The molecule has 0 radical (unpaired) electrons. The van der Waals surface area contributed by atoms with Crippen molar-refractivity contribution in [1.29, 1.82) is 0 Å². The van der Waals surface area contributed by atoms with Crippen LogP contribution in [0.25, 0.3) is 0 Å². The Bertz CT molecular complexity index is 347. The lowest BCUT2D eigenvalue weighted by Gasteiger charge is -2.12. The molecule has 3 heteroatoms. The summed E-state index contributed by atoms with van der Waals surface area (Å²) in [6.07, 6.45) is 2.56. The van der Waals surface area contributed by atoms with Crippen molar-refractivity contribution in [1.82, 2.24) is 0 Å². The number of rotatable bonds is 3. The molecular formula is C11H12ClFO. The van der Waals surface area contributed by atoms with Crippen LogP contribution in [0.4, 0.5) is 4.39 Å². The molecule has 0 atom stereocenters. The summed E-state index contributed by atoms with van der Waals surface area (Å²) in [7, 11) is 0. The lowest BCUT2D eigenvalue weighted by molar-refractivity contribution is 0.210. The highest BCUT2D eigenvalue weighted by Gasteiger charge is 2.42. The molecule has 2 rings (SSSR count). The smallest absolute Gasteiger partial charge is 0.144 e. The fourth-order valence-electron chi connectivity index (χ4n) is 1.66. The van der Waals surface area contributed by atoms with Crippen molar-refractivity contribution in [2.45, 2.75) is 19.3 Å². The molecule has 0 saturated heterocycles. The van der Waals surface area contributed by atoms with Gasteiger partial charge in [0.25, 0.3) is 0 Å². The Morgan fingerprint density at radius 1 is 1.43 bits per heavy atom. The summed E-state index contributed by atoms with van der Waals surface area (Å²) in [5.74, 6) is -0.339. The van der Waals surface area contributed by atoms with Crippen LogP contribution in [0.3, 0.4) is 0 Å². The highest BCUT2D eigenvalue weighted by atomic mass is 35.5. The van der Waals surface area contributed by atoms with Crippen LogP contribution in [-0.4, -0.2) is 11.7 Å². The SMILES string of the molecule is OCC1(Cc2cccc(Cl)c2F)CC1. The number of aliphatic hydroxyl groups excluding tert-OH is 1. The van der Waals surface area contributed by atoms with E-state index in [1.807, 2.05) is 0 Å². The van der Waals surface area contributed by atoms with E-state index in [0.717, 1.165) is 12.8 Å². The van der Waals surface area contributed by atoms with E-state index in [2.05, 4.69) is 0 Å². The van der Waals surface area contributed by atoms with Gasteiger partial charge in [0.15, 0.2) is 0 Å². The van der Waals surface area contributed by atoms with Crippen LogP contribution in [0.15, 0.2) is 18.2 Å². The second-order valence-corrected chi connectivity index (χ2v) is 4.46. The van der Waals surface area contributed by atoms with E-state index in [1.165, 1.54) is 0 Å². The summed E-state index contributed by atoms with van der Waals surface area (Å²) in [5, 5.41) is 9.29. The average molecular weight is 215 g/mol. The second-order valence-electron chi connectivity index (χ2n) is 4.05. The lowest BCUT2D eigenvalue weighted by Crippen LogP contribution is -2.11. The van der Waals surface area contributed by atoms with Gasteiger partial charge in [-0.2, -0.15) is 0 Å². The molecule has 1 nitrogen and oxygen atoms in total. The van der Waals surface area contributed by atoms with Crippen LogP contribution >= 0.6 is 11.6 Å². The number of hydrogen-bond donors (Lipinski definition) is 1. The Morgan fingerprint density at radius 2 is 2.14 bits per heavy atom. The number of aliphatic hydroxyl groups is 1. The molecule has 1 fully saturated rings. The molecule has 0 amide bonds. The molecule has 1 aromatic carbocycles. The molecule has 0 aromatic heterocycles. The molecule has 0 bridgehead atoms. The molecule has 1 N–H and O–H groups in total. The van der Waals surface area contributed by atoms with Gasteiger partial charge in [0.05, 0.1) is 5.02 Å². The Hall–Kier alpha value is -0.600. The maximum Gasteiger partial charge on any atom is 0.144 e. The Balaban J connectivity index is 2.21. The number of hydrogen-bond acceptors (Lipinski definition) is 1. The molecule has 0 spiro atoms. The molecule has 1 aliphatic carbocycles. The van der Waals surface area contributed by atoms with Crippen molar-refractivity contribution >= 4 is 11.6 Å². The van der Waals surface area contributed by atoms with Crippen molar-refractivity contribution in [3.8, 4) is 0 Å². The molecular weight excluding hydrogens is 203 g/mol. The van der Waals surface area contributed by atoms with E-state index in [0.29, 0.717) is 12.0 Å². The van der Waals surface area contributed by atoms with Crippen LogP contribution in [0.2, 0.25) is 5.02 Å². The maximum absolute atomic E-state index is 13.5. The van der Waals surface area contributed by atoms with Crippen molar-refractivity contribution < 1.29 is 9.50 Å². The van der Waals surface area contributed by atoms with Crippen molar-refractivity contribution in [2.75, 3.05) is 6.61 Å². The quantitative estimate of drug-likeness (QED) is 0.821. The molecule has 1 aromatic rings. The van der Waals surface area contributed by atoms with E-state index < -0.39 is 0 Å². The van der Waals surface area contributed by atoms with Gasteiger partial charge in [0.2, 0.25) is 0 Å². The first-order chi connectivity index (χ1) is 6.67. The summed E-state index contributed by atoms with van der Waals surface area (Å²) < 4.78 is 13.5. The summed E-state index contributed by atoms with van der Waals surface area (Å²) >= 11 is 5.67. The first-order valence-corrected chi connectivity index (χ1v) is 5.08. The van der Waals surface area contributed by atoms with Crippen LogP contribution in [-0.2, 0) is 6.42 Å². The van der Waals surface area contributed by atoms with E-state index in [9.17, 15) is 4.39 Å². The van der Waals surface area contributed by atoms with Crippen molar-refractivity contribution in [2.24, 2.45) is 5.41 Å². The minimum Gasteiger partial charge on any atom is -0.396 e. The van der Waals surface area contributed by atoms with Crippen molar-refractivity contribution in [3.05, 3.63) is 34.6 Å². The van der Waals surface area contributed by atoms with Gasteiger partial charge in [-0.1, -0.05) is 23.7 Å². The molecule has 14 heavy (non-hydrogen) atoms. The van der Waals surface area contributed by atoms with E-state index >= 15 is 0 Å². The van der Waals surface area contributed by atoms with Gasteiger partial charge >= 0.3 is 0 Å². The first-order valence-electron chi connectivity index (χ1n) is 4.71. The van der Waals surface area contributed by atoms with E-state index in [-0.39, 0.29) is 22.9 Å². The van der Waals surface area contributed by atoms with Crippen LogP contribution in [0.5, 0.6) is 0 Å². The van der Waals surface area contributed by atoms with Crippen molar-refractivity contribution in [3.63, 3.8) is 0 Å². The highest BCUT2D eigenvalue weighted by molar-refractivity contribution is 6.30. The minimum absolute atomic E-state index is 0.0640. The average Bonchev–Trinajstić information content (AvgIpc) is 2.94. The zero-order chi connectivity index (χ0) is 10.2. The topological polar surface area (TPSA) is 20.2 Å². The number of halogens is 2. The zero-order valence-electron chi connectivity index (χ0n) is 7.76. The molecule has 0 aliphatic heterocycles. The standard InChI is InChI=1S/C11H12ClFO/c12-9-3-1-2-8(10(9)13)6-11(7-14)4-5-11/h1-3,14H,4-7H2. The zero-order valence-corrected chi connectivity index (χ0v) is 8.52. The largest absolute Gasteiger partial charge is 0.396 e. The maximum atomic E-state index is 13.5. The van der Waals surface area contributed by atoms with Gasteiger partial charge in [-0.25, -0.2) is 4.39 Å². The number of benzene rings is 1. The Labute approximate surface area is 87.5 Å². The lowest BCUT2D eigenvalue weighted by atomic mass is 9.97. The third-order valence-corrected chi connectivity index (χ3v) is 3.18. The predicted molar refractivity (Wildman–Crippen MR) is 53.9 cm³/mol. The normalized spacial score (nSPS) is 18.2. The van der Waals surface area contributed by atoms with E-state index in [4.69, 9.17) is 16.7 Å². The molecule has 76 valence electrons. The first kappa shape index (κ1) is 9.94. The third-order valence-electron chi connectivity index (χ3n) is 2.89. The minimum atomic E-state index is -0.339. The third kappa shape index (κ3) is 1.77.